The predicted octanol–water partition coefficient (Wildman–Crippen LogP) is 2.11. The van der Waals surface area contributed by atoms with Gasteiger partial charge in [-0.1, -0.05) is 30.7 Å². The lowest BCUT2D eigenvalue weighted by atomic mass is 10.1. The van der Waals surface area contributed by atoms with E-state index < -0.39 is 0 Å². The third-order valence-corrected chi connectivity index (χ3v) is 3.39. The van der Waals surface area contributed by atoms with Crippen LogP contribution in [0.25, 0.3) is 0 Å². The molecule has 2 heteroatoms. The summed E-state index contributed by atoms with van der Waals surface area (Å²) >= 11 is 0. The number of piperidine rings is 1. The van der Waals surface area contributed by atoms with Crippen molar-refractivity contribution in [3.8, 4) is 0 Å². The largest absolute Gasteiger partial charge is 0.288 e. The van der Waals surface area contributed by atoms with E-state index in [0.717, 1.165) is 6.54 Å². The maximum absolute atomic E-state index is 3.53. The topological polar surface area (TPSA) is 15.3 Å². The fourth-order valence-corrected chi connectivity index (χ4v) is 2.58. The molecule has 1 radical (unpaired) electrons. The van der Waals surface area contributed by atoms with Crippen molar-refractivity contribution in [1.82, 2.24) is 10.2 Å². The highest BCUT2D eigenvalue weighted by atomic mass is 15.3. The van der Waals surface area contributed by atoms with Crippen LogP contribution in [0.5, 0.6) is 0 Å². The Labute approximate surface area is 91.3 Å². The number of hydrogen-bond donors (Lipinski definition) is 1. The Kier molecular flexibility index (Phi) is 2.47. The van der Waals surface area contributed by atoms with E-state index in [1.807, 2.05) is 0 Å². The maximum Gasteiger partial charge on any atom is 0.135 e. The first kappa shape index (κ1) is 9.37. The Bertz CT molecular complexity index is 342. The van der Waals surface area contributed by atoms with Gasteiger partial charge in [-0.2, -0.15) is 0 Å². The molecule has 0 amide bonds. The minimum atomic E-state index is 1.00. The second-order valence-electron chi connectivity index (χ2n) is 4.41. The molecule has 2 nitrogen and oxygen atoms in total. The normalized spacial score (nSPS) is 22.9. The van der Waals surface area contributed by atoms with Crippen LogP contribution in [0.1, 0.15) is 30.4 Å². The Balaban J connectivity index is 1.83. The zero-order chi connectivity index (χ0) is 10.1. The monoisotopic (exact) mass is 201 g/mol. The fraction of sp³-hybridized carbons (Fsp3) is 0.462. The standard InChI is InChI=1S/C13H17N2/c1-4-8-15(9-5-1)13-12-7-3-2-6-11(12)10-14-13/h2-3,6-7,14H,1,4-5,8-10H2. The second-order valence-corrected chi connectivity index (χ2v) is 4.41. The first-order valence-electron chi connectivity index (χ1n) is 5.89. The average Bonchev–Trinajstić information content (AvgIpc) is 2.74. The minimum absolute atomic E-state index is 1.00. The van der Waals surface area contributed by atoms with Crippen molar-refractivity contribution in [3.63, 3.8) is 0 Å². The molecule has 0 unspecified atom stereocenters. The van der Waals surface area contributed by atoms with E-state index in [4.69, 9.17) is 0 Å². The van der Waals surface area contributed by atoms with Crippen LogP contribution >= 0.6 is 0 Å². The van der Waals surface area contributed by atoms with Gasteiger partial charge in [0, 0.05) is 19.6 Å². The molecule has 2 heterocycles. The lowest BCUT2D eigenvalue weighted by Gasteiger charge is -2.31. The van der Waals surface area contributed by atoms with Gasteiger partial charge in [0.05, 0.1) is 0 Å². The third-order valence-electron chi connectivity index (χ3n) is 3.39. The van der Waals surface area contributed by atoms with Gasteiger partial charge in [-0.25, -0.2) is 0 Å². The first-order valence-corrected chi connectivity index (χ1v) is 5.89. The van der Waals surface area contributed by atoms with E-state index in [9.17, 15) is 0 Å². The minimum Gasteiger partial charge on any atom is -0.288 e. The van der Waals surface area contributed by atoms with E-state index in [1.54, 1.807) is 0 Å². The van der Waals surface area contributed by atoms with Crippen molar-refractivity contribution >= 4 is 0 Å². The second kappa shape index (κ2) is 3.95. The molecule has 1 aromatic carbocycles. The van der Waals surface area contributed by atoms with Crippen molar-refractivity contribution in [3.05, 3.63) is 41.6 Å². The Hall–Kier alpha value is -0.860. The van der Waals surface area contributed by atoms with E-state index in [0.29, 0.717) is 0 Å². The maximum atomic E-state index is 3.53. The zero-order valence-electron chi connectivity index (χ0n) is 9.00. The summed E-state index contributed by atoms with van der Waals surface area (Å²) in [5.74, 6) is 0. The van der Waals surface area contributed by atoms with Crippen LogP contribution in [0, 0.1) is 6.17 Å². The van der Waals surface area contributed by atoms with E-state index >= 15 is 0 Å². The first-order chi connectivity index (χ1) is 7.45. The Morgan fingerprint density at radius 2 is 1.80 bits per heavy atom. The summed E-state index contributed by atoms with van der Waals surface area (Å²) in [6.07, 6.45) is 5.44. The summed E-state index contributed by atoms with van der Waals surface area (Å²) in [5.41, 5.74) is 2.86. The van der Waals surface area contributed by atoms with Crippen LogP contribution in [0.2, 0.25) is 0 Å². The molecule has 15 heavy (non-hydrogen) atoms. The molecule has 1 saturated heterocycles. The molecule has 1 aromatic rings. The van der Waals surface area contributed by atoms with Crippen LogP contribution in [-0.2, 0) is 6.54 Å². The smallest absolute Gasteiger partial charge is 0.135 e. The van der Waals surface area contributed by atoms with Crippen molar-refractivity contribution in [1.29, 1.82) is 0 Å². The predicted molar refractivity (Wildman–Crippen MR) is 61.1 cm³/mol. The fourth-order valence-electron chi connectivity index (χ4n) is 2.58. The number of fused-ring (bicyclic) bond motifs is 1. The van der Waals surface area contributed by atoms with Gasteiger partial charge in [-0.3, -0.25) is 10.2 Å². The summed E-state index contributed by atoms with van der Waals surface area (Å²) in [6.45, 7) is 3.44. The van der Waals surface area contributed by atoms with Gasteiger partial charge in [0.1, 0.15) is 6.17 Å². The molecule has 0 saturated carbocycles. The Morgan fingerprint density at radius 3 is 2.67 bits per heavy atom. The molecule has 0 bridgehead atoms. The van der Waals surface area contributed by atoms with Crippen molar-refractivity contribution in [2.75, 3.05) is 13.1 Å². The van der Waals surface area contributed by atoms with Gasteiger partial charge in [0.2, 0.25) is 0 Å². The summed E-state index contributed by atoms with van der Waals surface area (Å²) in [5, 5.41) is 3.53. The summed E-state index contributed by atoms with van der Waals surface area (Å²) in [4.78, 5) is 2.51. The van der Waals surface area contributed by atoms with Crippen LogP contribution < -0.4 is 5.32 Å². The molecule has 2 aliphatic rings. The van der Waals surface area contributed by atoms with Gasteiger partial charge in [0.15, 0.2) is 0 Å². The molecule has 2 aliphatic heterocycles. The van der Waals surface area contributed by atoms with E-state index in [-0.39, 0.29) is 0 Å². The molecule has 1 fully saturated rings. The number of rotatable bonds is 1. The van der Waals surface area contributed by atoms with Crippen LogP contribution in [0.3, 0.4) is 0 Å². The highest BCUT2D eigenvalue weighted by Crippen LogP contribution is 2.28. The van der Waals surface area contributed by atoms with Crippen molar-refractivity contribution < 1.29 is 0 Å². The quantitative estimate of drug-likeness (QED) is 0.748. The van der Waals surface area contributed by atoms with Gasteiger partial charge in [-0.15, -0.1) is 0 Å². The lowest BCUT2D eigenvalue weighted by Crippen LogP contribution is -2.38. The summed E-state index contributed by atoms with van der Waals surface area (Å²) in [7, 11) is 0. The number of hydrogen-bond acceptors (Lipinski definition) is 2. The third kappa shape index (κ3) is 1.68. The van der Waals surface area contributed by atoms with Crippen molar-refractivity contribution in [2.24, 2.45) is 0 Å². The van der Waals surface area contributed by atoms with E-state index in [1.165, 1.54) is 49.6 Å². The SMILES string of the molecule is c1ccc2c(c1)CN[C]2N1CCCCC1. The Morgan fingerprint density at radius 1 is 1.00 bits per heavy atom. The zero-order valence-corrected chi connectivity index (χ0v) is 9.00. The summed E-state index contributed by atoms with van der Waals surface area (Å²) in [6, 6.07) is 8.72. The van der Waals surface area contributed by atoms with Gasteiger partial charge < -0.3 is 0 Å². The molecule has 1 N–H and O–H groups in total. The van der Waals surface area contributed by atoms with Gasteiger partial charge >= 0.3 is 0 Å². The van der Waals surface area contributed by atoms with Crippen molar-refractivity contribution in [2.45, 2.75) is 25.8 Å². The highest BCUT2D eigenvalue weighted by molar-refractivity contribution is 5.41. The number of nitrogens with one attached hydrogen (secondary N) is 1. The number of nitrogens with zero attached hydrogens (tertiary/aromatic N) is 1. The highest BCUT2D eigenvalue weighted by Gasteiger charge is 2.28. The molecule has 0 spiro atoms. The molecular weight excluding hydrogens is 184 g/mol. The van der Waals surface area contributed by atoms with Crippen LogP contribution in [0.15, 0.2) is 24.3 Å². The van der Waals surface area contributed by atoms with Crippen LogP contribution in [-0.4, -0.2) is 18.0 Å². The van der Waals surface area contributed by atoms with Crippen LogP contribution in [0.4, 0.5) is 0 Å². The average molecular weight is 201 g/mol. The molecule has 0 atom stereocenters. The molecule has 0 aliphatic carbocycles. The molecule has 3 rings (SSSR count). The summed E-state index contributed by atoms with van der Waals surface area (Å²) < 4.78 is 0. The van der Waals surface area contributed by atoms with Gasteiger partial charge in [-0.05, 0) is 24.0 Å². The number of likely N-dealkylation sites (tertiary alicyclic amines) is 1. The van der Waals surface area contributed by atoms with Gasteiger partial charge in [0.25, 0.3) is 0 Å². The molecule has 79 valence electrons. The lowest BCUT2D eigenvalue weighted by molar-refractivity contribution is 0.233. The number of benzene rings is 1. The molecule has 0 aromatic heterocycles. The molecular formula is C13H17N2. The van der Waals surface area contributed by atoms with E-state index in [2.05, 4.69) is 34.5 Å².